The lowest BCUT2D eigenvalue weighted by Crippen LogP contribution is -1.90. The number of rotatable bonds is 2. The van der Waals surface area contributed by atoms with E-state index < -0.39 is 0 Å². The topological polar surface area (TPSA) is 26.3 Å². The highest BCUT2D eigenvalue weighted by molar-refractivity contribution is 14.1. The van der Waals surface area contributed by atoms with E-state index in [1.807, 2.05) is 0 Å². The molecule has 0 saturated carbocycles. The van der Waals surface area contributed by atoms with Gasteiger partial charge in [-0.3, -0.25) is 4.79 Å². The summed E-state index contributed by atoms with van der Waals surface area (Å²) in [5.41, 5.74) is 0.560. The van der Waals surface area contributed by atoms with Gasteiger partial charge in [0.05, 0.1) is 15.7 Å². The Labute approximate surface area is 89.0 Å². The Bertz CT molecular complexity index is 289. The average Bonchev–Trinajstić information content (AvgIpc) is 2.03. The molecule has 0 aromatic heterocycles. The molecule has 12 heavy (non-hydrogen) atoms. The van der Waals surface area contributed by atoms with Crippen molar-refractivity contribution in [3.8, 4) is 5.75 Å². The minimum atomic E-state index is 0.464. The largest absolute Gasteiger partial charge is 0.494 e. The predicted molar refractivity (Wildman–Crippen MR) is 56.1 cm³/mol. The van der Waals surface area contributed by atoms with E-state index in [9.17, 15) is 4.79 Å². The zero-order valence-corrected chi connectivity index (χ0v) is 9.22. The van der Waals surface area contributed by atoms with Gasteiger partial charge < -0.3 is 4.74 Å². The molecule has 0 spiro atoms. The maximum Gasteiger partial charge on any atom is 0.150 e. The molecule has 2 nitrogen and oxygen atoms in total. The van der Waals surface area contributed by atoms with Gasteiger partial charge in [0.15, 0.2) is 5.75 Å². The first-order chi connectivity index (χ1) is 5.69. The van der Waals surface area contributed by atoms with Gasteiger partial charge in [0, 0.05) is 5.56 Å². The predicted octanol–water partition coefficient (Wildman–Crippen LogP) is 2.77. The Balaban J connectivity index is 3.27. The highest BCUT2D eigenvalue weighted by Crippen LogP contribution is 2.30. The van der Waals surface area contributed by atoms with Gasteiger partial charge in [-0.25, -0.2) is 0 Å². The number of hydrogen-bond donors (Lipinski definition) is 0. The van der Waals surface area contributed by atoms with E-state index in [2.05, 4.69) is 22.6 Å². The summed E-state index contributed by atoms with van der Waals surface area (Å²) in [6, 6.07) is 3.30. The standard InChI is InChI=1S/C8H6ClIO2/c1-12-8-6(9)2-5(4-11)3-7(8)10/h2-4H,1H3. The smallest absolute Gasteiger partial charge is 0.150 e. The van der Waals surface area contributed by atoms with Crippen molar-refractivity contribution in [2.45, 2.75) is 0 Å². The number of halogens is 2. The molecule has 0 N–H and O–H groups in total. The van der Waals surface area contributed by atoms with E-state index in [-0.39, 0.29) is 0 Å². The number of carbonyl (C=O) groups is 1. The summed E-state index contributed by atoms with van der Waals surface area (Å²) in [6.07, 6.45) is 0.757. The second kappa shape index (κ2) is 4.09. The summed E-state index contributed by atoms with van der Waals surface area (Å²) in [7, 11) is 1.55. The van der Waals surface area contributed by atoms with Crippen LogP contribution in [-0.2, 0) is 0 Å². The van der Waals surface area contributed by atoms with E-state index >= 15 is 0 Å². The molecule has 0 aliphatic rings. The number of hydrogen-bond acceptors (Lipinski definition) is 2. The fourth-order valence-electron chi connectivity index (χ4n) is 0.843. The van der Waals surface area contributed by atoms with Crippen LogP contribution in [-0.4, -0.2) is 13.4 Å². The van der Waals surface area contributed by atoms with Crippen molar-refractivity contribution in [2.75, 3.05) is 7.11 Å². The molecule has 0 unspecified atom stereocenters. The third-order valence-electron chi connectivity index (χ3n) is 1.36. The molecule has 0 amide bonds. The van der Waals surface area contributed by atoms with Gasteiger partial charge in [0.2, 0.25) is 0 Å². The zero-order valence-electron chi connectivity index (χ0n) is 6.30. The SMILES string of the molecule is COc1c(Cl)cc(C=O)cc1I. The average molecular weight is 296 g/mol. The van der Waals surface area contributed by atoms with E-state index in [4.69, 9.17) is 16.3 Å². The Morgan fingerprint density at radius 3 is 2.67 bits per heavy atom. The molecule has 0 saturated heterocycles. The fourth-order valence-corrected chi connectivity index (χ4v) is 2.18. The highest BCUT2D eigenvalue weighted by Gasteiger charge is 2.06. The molecule has 1 aromatic carbocycles. The number of ether oxygens (including phenoxy) is 1. The molecule has 0 bridgehead atoms. The summed E-state index contributed by atoms with van der Waals surface area (Å²) in [6.45, 7) is 0. The van der Waals surface area contributed by atoms with Crippen molar-refractivity contribution >= 4 is 40.5 Å². The second-order valence-electron chi connectivity index (χ2n) is 2.14. The van der Waals surface area contributed by atoms with Crippen molar-refractivity contribution in [2.24, 2.45) is 0 Å². The third-order valence-corrected chi connectivity index (χ3v) is 2.44. The van der Waals surface area contributed by atoms with Crippen molar-refractivity contribution in [1.82, 2.24) is 0 Å². The molecular formula is C8H6ClIO2. The van der Waals surface area contributed by atoms with Gasteiger partial charge in [-0.15, -0.1) is 0 Å². The fraction of sp³-hybridized carbons (Fsp3) is 0.125. The molecule has 0 fully saturated rings. The van der Waals surface area contributed by atoms with Gasteiger partial charge in [-0.05, 0) is 34.7 Å². The number of aldehydes is 1. The van der Waals surface area contributed by atoms with Crippen LogP contribution in [0.25, 0.3) is 0 Å². The summed E-state index contributed by atoms with van der Waals surface area (Å²) in [5, 5.41) is 0.464. The molecule has 0 aliphatic heterocycles. The lowest BCUT2D eigenvalue weighted by Gasteiger charge is -2.05. The minimum Gasteiger partial charge on any atom is -0.494 e. The first-order valence-electron chi connectivity index (χ1n) is 3.17. The number of methoxy groups -OCH3 is 1. The van der Waals surface area contributed by atoms with E-state index in [1.54, 1.807) is 19.2 Å². The van der Waals surface area contributed by atoms with E-state index in [0.29, 0.717) is 16.3 Å². The molecule has 4 heteroatoms. The first-order valence-corrected chi connectivity index (χ1v) is 4.63. The van der Waals surface area contributed by atoms with E-state index in [0.717, 1.165) is 9.86 Å². The van der Waals surface area contributed by atoms with Crippen LogP contribution in [0.1, 0.15) is 10.4 Å². The van der Waals surface area contributed by atoms with Crippen LogP contribution in [0, 0.1) is 3.57 Å². The van der Waals surface area contributed by atoms with Crippen LogP contribution in [0.15, 0.2) is 12.1 Å². The van der Waals surface area contributed by atoms with Gasteiger partial charge in [-0.1, -0.05) is 11.6 Å². The van der Waals surface area contributed by atoms with Crippen molar-refractivity contribution in [1.29, 1.82) is 0 Å². The number of carbonyl (C=O) groups excluding carboxylic acids is 1. The Hall–Kier alpha value is -0.290. The van der Waals surface area contributed by atoms with E-state index in [1.165, 1.54) is 0 Å². The molecule has 0 atom stereocenters. The Morgan fingerprint density at radius 1 is 1.58 bits per heavy atom. The molecule has 0 aliphatic carbocycles. The summed E-state index contributed by atoms with van der Waals surface area (Å²) >= 11 is 7.89. The van der Waals surface area contributed by atoms with Gasteiger partial charge in [0.25, 0.3) is 0 Å². The van der Waals surface area contributed by atoms with Crippen molar-refractivity contribution in [3.63, 3.8) is 0 Å². The summed E-state index contributed by atoms with van der Waals surface area (Å²) in [5.74, 6) is 0.614. The molecular weight excluding hydrogens is 290 g/mol. The monoisotopic (exact) mass is 296 g/mol. The van der Waals surface area contributed by atoms with Crippen LogP contribution in [0.5, 0.6) is 5.75 Å². The van der Waals surface area contributed by atoms with Gasteiger partial charge in [0.1, 0.15) is 6.29 Å². The Morgan fingerprint density at radius 2 is 2.25 bits per heavy atom. The van der Waals surface area contributed by atoms with Crippen molar-refractivity contribution < 1.29 is 9.53 Å². The number of benzene rings is 1. The summed E-state index contributed by atoms with van der Waals surface area (Å²) in [4.78, 5) is 10.4. The molecule has 1 rings (SSSR count). The van der Waals surface area contributed by atoms with Crippen LogP contribution in [0.4, 0.5) is 0 Å². The van der Waals surface area contributed by atoms with Crippen LogP contribution < -0.4 is 4.74 Å². The lowest BCUT2D eigenvalue weighted by molar-refractivity contribution is 0.112. The molecule has 64 valence electrons. The molecule has 1 aromatic rings. The first kappa shape index (κ1) is 9.80. The van der Waals surface area contributed by atoms with Crippen molar-refractivity contribution in [3.05, 3.63) is 26.3 Å². The van der Waals surface area contributed by atoms with Crippen LogP contribution in [0.3, 0.4) is 0 Å². The maximum atomic E-state index is 10.4. The van der Waals surface area contributed by atoms with Crippen LogP contribution in [0.2, 0.25) is 5.02 Å². The highest BCUT2D eigenvalue weighted by atomic mass is 127. The zero-order chi connectivity index (χ0) is 9.14. The van der Waals surface area contributed by atoms with Gasteiger partial charge in [-0.2, -0.15) is 0 Å². The quantitative estimate of drug-likeness (QED) is 0.619. The summed E-state index contributed by atoms with van der Waals surface area (Å²) < 4.78 is 5.86. The normalized spacial score (nSPS) is 9.58. The molecule has 0 heterocycles. The lowest BCUT2D eigenvalue weighted by atomic mass is 10.2. The molecule has 0 radical (unpaired) electrons. The second-order valence-corrected chi connectivity index (χ2v) is 3.71. The Kier molecular flexibility index (Phi) is 3.34. The van der Waals surface area contributed by atoms with Gasteiger partial charge >= 0.3 is 0 Å². The maximum absolute atomic E-state index is 10.4. The third kappa shape index (κ3) is 1.90. The minimum absolute atomic E-state index is 0.464. The van der Waals surface area contributed by atoms with Crippen LogP contribution >= 0.6 is 34.2 Å².